The molecule has 110 valence electrons. The van der Waals surface area contributed by atoms with Crippen LogP contribution in [-0.2, 0) is 24.6 Å². The first-order chi connectivity index (χ1) is 9.34. The maximum absolute atomic E-state index is 11.9. The lowest BCUT2D eigenvalue weighted by Crippen LogP contribution is -2.66. The van der Waals surface area contributed by atoms with Crippen LogP contribution in [0.4, 0.5) is 0 Å². The zero-order valence-electron chi connectivity index (χ0n) is 12.0. The summed E-state index contributed by atoms with van der Waals surface area (Å²) < 4.78 is 10.5. The van der Waals surface area contributed by atoms with Crippen LogP contribution in [0.1, 0.15) is 19.4 Å². The second-order valence-corrected chi connectivity index (χ2v) is 4.46. The number of benzene rings is 1. The largest absolute Gasteiger partial charge is 0.479 e. The second kappa shape index (κ2) is 6.02. The average molecular weight is 281 g/mol. The standard InChI is InChI=1S/C14H19NO5/c1-10(16)15-14(12(17)18,13(2,19-3)20-4)11-8-6-5-7-9-11/h5-9H,1-4H3,(H,15,16)(H,17,18). The van der Waals surface area contributed by atoms with Crippen molar-refractivity contribution < 1.29 is 24.2 Å². The van der Waals surface area contributed by atoms with Gasteiger partial charge in [0.1, 0.15) is 0 Å². The highest BCUT2D eigenvalue weighted by molar-refractivity contribution is 5.88. The fourth-order valence-electron chi connectivity index (χ4n) is 2.16. The molecule has 0 heterocycles. The molecule has 0 aliphatic carbocycles. The number of carbonyl (C=O) groups excluding carboxylic acids is 1. The number of nitrogens with one attached hydrogen (secondary N) is 1. The minimum Gasteiger partial charge on any atom is -0.479 e. The molecule has 0 fully saturated rings. The second-order valence-electron chi connectivity index (χ2n) is 4.46. The molecule has 20 heavy (non-hydrogen) atoms. The van der Waals surface area contributed by atoms with E-state index in [2.05, 4.69) is 5.32 Å². The average Bonchev–Trinajstić information content (AvgIpc) is 2.44. The molecular weight excluding hydrogens is 262 g/mol. The molecule has 2 N–H and O–H groups in total. The maximum atomic E-state index is 11.9. The number of aliphatic carboxylic acids is 1. The molecule has 1 unspecified atom stereocenters. The van der Waals surface area contributed by atoms with Crippen molar-refractivity contribution in [3.05, 3.63) is 35.9 Å². The van der Waals surface area contributed by atoms with Crippen LogP contribution in [0, 0.1) is 0 Å². The van der Waals surface area contributed by atoms with E-state index >= 15 is 0 Å². The van der Waals surface area contributed by atoms with Gasteiger partial charge in [-0.1, -0.05) is 30.3 Å². The van der Waals surface area contributed by atoms with Crippen molar-refractivity contribution in [1.82, 2.24) is 5.32 Å². The quantitative estimate of drug-likeness (QED) is 0.763. The van der Waals surface area contributed by atoms with E-state index in [1.807, 2.05) is 0 Å². The summed E-state index contributed by atoms with van der Waals surface area (Å²) >= 11 is 0. The first-order valence-electron chi connectivity index (χ1n) is 6.02. The molecule has 1 aromatic rings. The van der Waals surface area contributed by atoms with E-state index in [1.165, 1.54) is 28.1 Å². The highest BCUT2D eigenvalue weighted by Gasteiger charge is 2.58. The summed E-state index contributed by atoms with van der Waals surface area (Å²) in [6.45, 7) is 2.70. The van der Waals surface area contributed by atoms with E-state index < -0.39 is 23.2 Å². The van der Waals surface area contributed by atoms with Crippen LogP contribution < -0.4 is 5.32 Å². The summed E-state index contributed by atoms with van der Waals surface area (Å²) in [5.74, 6) is -3.35. The molecule has 0 aliphatic heterocycles. The number of rotatable bonds is 6. The van der Waals surface area contributed by atoms with Gasteiger partial charge in [0.25, 0.3) is 0 Å². The Hall–Kier alpha value is -1.92. The number of carboxylic acid groups (broad SMARTS) is 1. The van der Waals surface area contributed by atoms with Crippen molar-refractivity contribution in [2.24, 2.45) is 0 Å². The summed E-state index contributed by atoms with van der Waals surface area (Å²) in [4.78, 5) is 23.5. The number of amides is 1. The molecule has 0 aliphatic rings. The van der Waals surface area contributed by atoms with E-state index in [4.69, 9.17) is 9.47 Å². The Kier molecular flexibility index (Phi) is 4.86. The summed E-state index contributed by atoms with van der Waals surface area (Å²) in [6, 6.07) is 8.31. The van der Waals surface area contributed by atoms with Gasteiger partial charge < -0.3 is 19.9 Å². The van der Waals surface area contributed by atoms with Crippen molar-refractivity contribution in [2.45, 2.75) is 25.2 Å². The molecule has 1 amide bonds. The van der Waals surface area contributed by atoms with Gasteiger partial charge in [-0.2, -0.15) is 0 Å². The summed E-state index contributed by atoms with van der Waals surface area (Å²) in [5.41, 5.74) is -1.50. The molecule has 6 nitrogen and oxygen atoms in total. The van der Waals surface area contributed by atoms with Crippen LogP contribution in [0.25, 0.3) is 0 Å². The Morgan fingerprint density at radius 2 is 1.65 bits per heavy atom. The first kappa shape index (κ1) is 16.1. The van der Waals surface area contributed by atoms with Gasteiger partial charge in [-0.3, -0.25) is 4.79 Å². The Labute approximate surface area is 117 Å². The van der Waals surface area contributed by atoms with Crippen LogP contribution in [0.15, 0.2) is 30.3 Å². The Morgan fingerprint density at radius 3 is 2.00 bits per heavy atom. The molecule has 1 aromatic carbocycles. The zero-order chi connectivity index (χ0) is 15.4. The lowest BCUT2D eigenvalue weighted by molar-refractivity contribution is -0.248. The smallest absolute Gasteiger partial charge is 0.339 e. The Balaban J connectivity index is 3.60. The number of hydrogen-bond donors (Lipinski definition) is 2. The highest BCUT2D eigenvalue weighted by atomic mass is 16.7. The van der Waals surface area contributed by atoms with Gasteiger partial charge in [-0.15, -0.1) is 0 Å². The van der Waals surface area contributed by atoms with Gasteiger partial charge in [-0.05, 0) is 12.5 Å². The predicted molar refractivity (Wildman–Crippen MR) is 72.0 cm³/mol. The molecule has 0 bridgehead atoms. The van der Waals surface area contributed by atoms with E-state index in [0.717, 1.165) is 0 Å². The first-order valence-corrected chi connectivity index (χ1v) is 6.02. The molecule has 1 atom stereocenters. The van der Waals surface area contributed by atoms with Crippen molar-refractivity contribution >= 4 is 11.9 Å². The number of hydrogen-bond acceptors (Lipinski definition) is 4. The number of carboxylic acids is 1. The van der Waals surface area contributed by atoms with Crippen molar-refractivity contribution in [1.29, 1.82) is 0 Å². The summed E-state index contributed by atoms with van der Waals surface area (Å²) in [5, 5.41) is 12.2. The zero-order valence-corrected chi connectivity index (χ0v) is 12.0. The topological polar surface area (TPSA) is 84.9 Å². The third-order valence-electron chi connectivity index (χ3n) is 3.35. The molecule has 0 spiro atoms. The molecule has 0 saturated carbocycles. The SMILES string of the molecule is COC(C)(OC)C(NC(C)=O)(C(=O)O)c1ccccc1. The number of methoxy groups -OCH3 is 2. The minimum atomic E-state index is -1.86. The monoisotopic (exact) mass is 281 g/mol. The van der Waals surface area contributed by atoms with Crippen molar-refractivity contribution in [3.8, 4) is 0 Å². The minimum absolute atomic E-state index is 0.355. The molecule has 0 radical (unpaired) electrons. The van der Waals surface area contributed by atoms with Crippen LogP contribution in [-0.4, -0.2) is 37.0 Å². The van der Waals surface area contributed by atoms with Gasteiger partial charge >= 0.3 is 5.97 Å². The van der Waals surface area contributed by atoms with Gasteiger partial charge in [0.05, 0.1) is 0 Å². The summed E-state index contributed by atoms with van der Waals surface area (Å²) in [6.07, 6.45) is 0. The van der Waals surface area contributed by atoms with Crippen molar-refractivity contribution in [2.75, 3.05) is 14.2 Å². The van der Waals surface area contributed by atoms with Crippen LogP contribution in [0.2, 0.25) is 0 Å². The van der Waals surface area contributed by atoms with Crippen molar-refractivity contribution in [3.63, 3.8) is 0 Å². The molecule has 0 saturated heterocycles. The van der Waals surface area contributed by atoms with E-state index in [-0.39, 0.29) is 0 Å². The molecule has 6 heteroatoms. The lowest BCUT2D eigenvalue weighted by Gasteiger charge is -2.43. The fraction of sp³-hybridized carbons (Fsp3) is 0.429. The van der Waals surface area contributed by atoms with Crippen LogP contribution in [0.5, 0.6) is 0 Å². The lowest BCUT2D eigenvalue weighted by atomic mass is 9.81. The Bertz CT molecular complexity index is 484. The van der Waals surface area contributed by atoms with E-state index in [0.29, 0.717) is 5.56 Å². The van der Waals surface area contributed by atoms with E-state index in [9.17, 15) is 14.7 Å². The van der Waals surface area contributed by atoms with Crippen LogP contribution >= 0.6 is 0 Å². The normalized spacial score (nSPS) is 14.4. The molecule has 1 rings (SSSR count). The molecular formula is C14H19NO5. The Morgan fingerprint density at radius 1 is 1.15 bits per heavy atom. The maximum Gasteiger partial charge on any atom is 0.339 e. The highest BCUT2D eigenvalue weighted by Crippen LogP contribution is 2.36. The number of ether oxygens (including phenoxy) is 2. The molecule has 0 aromatic heterocycles. The van der Waals surface area contributed by atoms with Gasteiger partial charge in [0.15, 0.2) is 0 Å². The predicted octanol–water partition coefficient (Wildman–Crippen LogP) is 1.11. The number of carbonyl (C=O) groups is 2. The third kappa shape index (κ3) is 2.52. The van der Waals surface area contributed by atoms with Gasteiger partial charge in [0, 0.05) is 21.1 Å². The summed E-state index contributed by atoms with van der Waals surface area (Å²) in [7, 11) is 2.65. The van der Waals surface area contributed by atoms with Crippen LogP contribution in [0.3, 0.4) is 0 Å². The van der Waals surface area contributed by atoms with E-state index in [1.54, 1.807) is 30.3 Å². The fourth-order valence-corrected chi connectivity index (χ4v) is 2.16. The van der Waals surface area contributed by atoms with Gasteiger partial charge in [-0.25, -0.2) is 4.79 Å². The third-order valence-corrected chi connectivity index (χ3v) is 3.35. The van der Waals surface area contributed by atoms with Gasteiger partial charge in [0.2, 0.25) is 17.2 Å².